The molecule has 0 atom stereocenters. The van der Waals surface area contributed by atoms with E-state index in [2.05, 4.69) is 10.3 Å². The average molecular weight is 288 g/mol. The number of pyridine rings is 1. The molecule has 21 heavy (non-hydrogen) atoms. The summed E-state index contributed by atoms with van der Waals surface area (Å²) in [6.07, 6.45) is 1.77. The number of benzene rings is 1. The molecule has 2 N–H and O–H groups in total. The van der Waals surface area contributed by atoms with Crippen molar-refractivity contribution in [3.63, 3.8) is 0 Å². The molecule has 1 aromatic carbocycles. The van der Waals surface area contributed by atoms with E-state index in [1.807, 2.05) is 32.0 Å². The molecule has 0 radical (unpaired) electrons. The van der Waals surface area contributed by atoms with Crippen LogP contribution in [0.2, 0.25) is 0 Å². The van der Waals surface area contributed by atoms with E-state index >= 15 is 0 Å². The summed E-state index contributed by atoms with van der Waals surface area (Å²) in [7, 11) is 0. The lowest BCUT2D eigenvalue weighted by Gasteiger charge is -2.23. The number of fused-ring (bicyclic) bond motifs is 2. The fourth-order valence-electron chi connectivity index (χ4n) is 2.23. The van der Waals surface area contributed by atoms with E-state index < -0.39 is 0 Å². The van der Waals surface area contributed by atoms with Gasteiger partial charge in [0.15, 0.2) is 11.5 Å². The highest BCUT2D eigenvalue weighted by Crippen LogP contribution is 2.36. The van der Waals surface area contributed by atoms with Crippen LogP contribution in [0.15, 0.2) is 24.4 Å². The minimum absolute atomic E-state index is 0.122. The van der Waals surface area contributed by atoms with Crippen LogP contribution in [0.1, 0.15) is 13.8 Å². The molecule has 0 bridgehead atoms. The van der Waals surface area contributed by atoms with Gasteiger partial charge in [-0.15, -0.1) is 0 Å². The molecule has 3 rings (SSSR count). The number of aliphatic hydroxyl groups excluding tert-OH is 1. The number of hydrogen-bond donors (Lipinski definition) is 2. The summed E-state index contributed by atoms with van der Waals surface area (Å²) in [6.45, 7) is 5.92. The largest absolute Gasteiger partial charge is 0.486 e. The minimum Gasteiger partial charge on any atom is -0.486 e. The van der Waals surface area contributed by atoms with Crippen LogP contribution in [0.3, 0.4) is 0 Å². The van der Waals surface area contributed by atoms with E-state index in [1.165, 1.54) is 0 Å². The van der Waals surface area contributed by atoms with Crippen molar-refractivity contribution in [3.05, 3.63) is 24.4 Å². The van der Waals surface area contributed by atoms with Gasteiger partial charge in [0.1, 0.15) is 19.0 Å². The van der Waals surface area contributed by atoms with Gasteiger partial charge in [-0.2, -0.15) is 0 Å². The normalized spacial score (nSPS) is 14.2. The molecule has 0 unspecified atom stereocenters. The van der Waals surface area contributed by atoms with E-state index in [-0.39, 0.29) is 12.0 Å². The first-order valence-electron chi connectivity index (χ1n) is 7.12. The summed E-state index contributed by atoms with van der Waals surface area (Å²) in [5.41, 5.74) is -0.197. The summed E-state index contributed by atoms with van der Waals surface area (Å²) < 4.78 is 11.2. The zero-order valence-electron chi connectivity index (χ0n) is 12.3. The molecule has 0 fully saturated rings. The molecule has 1 aliphatic rings. The molecular formula is C16H20N2O3. The number of ether oxygens (including phenoxy) is 2. The van der Waals surface area contributed by atoms with Crippen LogP contribution in [0, 0.1) is 5.41 Å². The Hall–Kier alpha value is -2.01. The Morgan fingerprint density at radius 1 is 1.24 bits per heavy atom. The minimum atomic E-state index is -0.197. The molecule has 5 nitrogen and oxygen atoms in total. The highest BCUT2D eigenvalue weighted by Gasteiger charge is 2.18. The van der Waals surface area contributed by atoms with E-state index in [1.54, 1.807) is 6.20 Å². The summed E-state index contributed by atoms with van der Waals surface area (Å²) in [5, 5.41) is 14.7. The Kier molecular flexibility index (Phi) is 3.59. The molecule has 112 valence electrons. The zero-order chi connectivity index (χ0) is 14.9. The van der Waals surface area contributed by atoms with E-state index in [0.717, 1.165) is 28.1 Å². The van der Waals surface area contributed by atoms with Gasteiger partial charge in [0.2, 0.25) is 0 Å². The monoisotopic (exact) mass is 288 g/mol. The second kappa shape index (κ2) is 5.41. The van der Waals surface area contributed by atoms with Crippen molar-refractivity contribution in [2.24, 2.45) is 5.41 Å². The topological polar surface area (TPSA) is 63.6 Å². The Balaban J connectivity index is 1.95. The number of nitrogens with one attached hydrogen (secondary N) is 1. The lowest BCUT2D eigenvalue weighted by atomic mass is 9.95. The number of aromatic nitrogens is 1. The summed E-state index contributed by atoms with van der Waals surface area (Å²) in [4.78, 5) is 4.40. The molecule has 2 aromatic rings. The van der Waals surface area contributed by atoms with Crippen molar-refractivity contribution in [2.45, 2.75) is 13.8 Å². The molecule has 0 saturated carbocycles. The number of hydrogen-bond acceptors (Lipinski definition) is 5. The molecular weight excluding hydrogens is 268 g/mol. The summed E-state index contributed by atoms with van der Waals surface area (Å²) >= 11 is 0. The van der Waals surface area contributed by atoms with Crippen molar-refractivity contribution >= 4 is 16.6 Å². The van der Waals surface area contributed by atoms with E-state index in [0.29, 0.717) is 19.8 Å². The molecule has 0 saturated heterocycles. The smallest absolute Gasteiger partial charge is 0.162 e. The molecule has 1 aromatic heterocycles. The molecule has 0 aliphatic carbocycles. The second-order valence-electron chi connectivity index (χ2n) is 6.05. The predicted molar refractivity (Wildman–Crippen MR) is 82.1 cm³/mol. The molecule has 1 aliphatic heterocycles. The Morgan fingerprint density at radius 3 is 2.67 bits per heavy atom. The Bertz CT molecular complexity index is 655. The zero-order valence-corrected chi connectivity index (χ0v) is 12.3. The lowest BCUT2D eigenvalue weighted by Crippen LogP contribution is -2.27. The van der Waals surface area contributed by atoms with Gasteiger partial charge < -0.3 is 19.9 Å². The van der Waals surface area contributed by atoms with Gasteiger partial charge in [0, 0.05) is 30.1 Å². The van der Waals surface area contributed by atoms with Crippen LogP contribution in [-0.4, -0.2) is 36.5 Å². The number of aliphatic hydroxyl groups is 1. The summed E-state index contributed by atoms with van der Waals surface area (Å²) in [6, 6.07) is 5.90. The van der Waals surface area contributed by atoms with Gasteiger partial charge in [0.05, 0.1) is 0 Å². The van der Waals surface area contributed by atoms with Crippen molar-refractivity contribution in [2.75, 3.05) is 31.7 Å². The van der Waals surface area contributed by atoms with Gasteiger partial charge in [0.25, 0.3) is 0 Å². The van der Waals surface area contributed by atoms with Crippen molar-refractivity contribution < 1.29 is 14.6 Å². The van der Waals surface area contributed by atoms with E-state index in [9.17, 15) is 5.11 Å². The van der Waals surface area contributed by atoms with Gasteiger partial charge in [-0.05, 0) is 23.6 Å². The first-order chi connectivity index (χ1) is 10.1. The number of nitrogens with zero attached hydrogens (tertiary/aromatic N) is 1. The van der Waals surface area contributed by atoms with Gasteiger partial charge in [-0.25, -0.2) is 4.98 Å². The SMILES string of the molecule is CC(C)(CO)CNc1nccc2cc3c(cc12)OCCO3. The quantitative estimate of drug-likeness (QED) is 0.904. The Labute approximate surface area is 123 Å². The molecule has 0 amide bonds. The third kappa shape index (κ3) is 2.88. The second-order valence-corrected chi connectivity index (χ2v) is 6.05. The van der Waals surface area contributed by atoms with Crippen LogP contribution >= 0.6 is 0 Å². The maximum atomic E-state index is 9.35. The van der Waals surface area contributed by atoms with Crippen LogP contribution in [-0.2, 0) is 0 Å². The van der Waals surface area contributed by atoms with Crippen LogP contribution in [0.25, 0.3) is 10.8 Å². The van der Waals surface area contributed by atoms with Crippen LogP contribution in [0.4, 0.5) is 5.82 Å². The number of rotatable bonds is 4. The maximum Gasteiger partial charge on any atom is 0.162 e. The van der Waals surface area contributed by atoms with Gasteiger partial charge >= 0.3 is 0 Å². The lowest BCUT2D eigenvalue weighted by molar-refractivity contribution is 0.170. The highest BCUT2D eigenvalue weighted by atomic mass is 16.6. The van der Waals surface area contributed by atoms with Crippen molar-refractivity contribution in [1.29, 1.82) is 0 Å². The molecule has 2 heterocycles. The maximum absolute atomic E-state index is 9.35. The van der Waals surface area contributed by atoms with Crippen molar-refractivity contribution in [3.8, 4) is 11.5 Å². The first kappa shape index (κ1) is 13.9. The third-order valence-electron chi connectivity index (χ3n) is 3.59. The van der Waals surface area contributed by atoms with Gasteiger partial charge in [-0.3, -0.25) is 0 Å². The van der Waals surface area contributed by atoms with Crippen molar-refractivity contribution in [1.82, 2.24) is 4.98 Å². The fourth-order valence-corrected chi connectivity index (χ4v) is 2.23. The van der Waals surface area contributed by atoms with Gasteiger partial charge in [-0.1, -0.05) is 13.8 Å². The van der Waals surface area contributed by atoms with Crippen LogP contribution < -0.4 is 14.8 Å². The van der Waals surface area contributed by atoms with E-state index in [4.69, 9.17) is 9.47 Å². The fraction of sp³-hybridized carbons (Fsp3) is 0.438. The summed E-state index contributed by atoms with van der Waals surface area (Å²) in [5.74, 6) is 2.33. The first-order valence-corrected chi connectivity index (χ1v) is 7.12. The highest BCUT2D eigenvalue weighted by molar-refractivity contribution is 5.94. The Morgan fingerprint density at radius 2 is 1.95 bits per heavy atom. The third-order valence-corrected chi connectivity index (χ3v) is 3.59. The van der Waals surface area contributed by atoms with Crippen LogP contribution in [0.5, 0.6) is 11.5 Å². The molecule has 0 spiro atoms. The average Bonchev–Trinajstić information content (AvgIpc) is 2.51. The number of anilines is 1. The molecule has 5 heteroatoms. The standard InChI is InChI=1S/C16H20N2O3/c1-16(2,10-19)9-18-15-12-8-14-13(20-5-6-21-14)7-11(12)3-4-17-15/h3-4,7-8,19H,5-6,9-10H2,1-2H3,(H,17,18). The predicted octanol–water partition coefficient (Wildman–Crippen LogP) is 2.44.